The molecule has 3 aliphatic rings. The van der Waals surface area contributed by atoms with Gasteiger partial charge in [0, 0.05) is 37.3 Å². The molecule has 3 rings (SSSR count). The van der Waals surface area contributed by atoms with Crippen molar-refractivity contribution in [2.24, 2.45) is 5.73 Å². The van der Waals surface area contributed by atoms with E-state index >= 15 is 0 Å². The zero-order valence-corrected chi connectivity index (χ0v) is 11.9. The van der Waals surface area contributed by atoms with Gasteiger partial charge in [-0.15, -0.1) is 0 Å². The van der Waals surface area contributed by atoms with E-state index in [9.17, 15) is 0 Å². The first-order chi connectivity index (χ1) is 8.74. The molecular formula is C15H29N3. The van der Waals surface area contributed by atoms with Crippen molar-refractivity contribution >= 4 is 0 Å². The van der Waals surface area contributed by atoms with Crippen LogP contribution in [0.5, 0.6) is 0 Å². The number of piperidine rings is 1. The van der Waals surface area contributed by atoms with Crippen LogP contribution in [0.3, 0.4) is 0 Å². The van der Waals surface area contributed by atoms with Crippen LogP contribution in [0.25, 0.3) is 0 Å². The summed E-state index contributed by atoms with van der Waals surface area (Å²) in [6.07, 6.45) is 11.0. The predicted molar refractivity (Wildman–Crippen MR) is 75.6 cm³/mol. The van der Waals surface area contributed by atoms with Gasteiger partial charge in [0.05, 0.1) is 0 Å². The third kappa shape index (κ3) is 2.59. The fraction of sp³-hybridized carbons (Fsp3) is 1.00. The Morgan fingerprint density at radius 2 is 1.67 bits per heavy atom. The summed E-state index contributed by atoms with van der Waals surface area (Å²) in [5.41, 5.74) is 6.14. The summed E-state index contributed by atoms with van der Waals surface area (Å²) in [6, 6.07) is 2.95. The fourth-order valence-corrected chi connectivity index (χ4v) is 4.48. The summed E-state index contributed by atoms with van der Waals surface area (Å²) < 4.78 is 0. The standard InChI is InChI=1S/C15H29N3/c1-17(13-4-2-3-5-13)8-9-18-14-6-7-15(18)11-12(16)10-14/h12-15H,2-11,16H2,1H3. The van der Waals surface area contributed by atoms with Crippen LogP contribution >= 0.6 is 0 Å². The van der Waals surface area contributed by atoms with Crippen LogP contribution in [0.15, 0.2) is 0 Å². The minimum atomic E-state index is 0.478. The second-order valence-corrected chi connectivity index (χ2v) is 6.77. The first-order valence-electron chi connectivity index (χ1n) is 7.95. The molecule has 1 aliphatic carbocycles. The summed E-state index contributed by atoms with van der Waals surface area (Å²) in [6.45, 7) is 2.53. The number of likely N-dealkylation sites (N-methyl/N-ethyl adjacent to an activating group) is 1. The number of hydrogen-bond donors (Lipinski definition) is 1. The van der Waals surface area contributed by atoms with Crippen LogP contribution in [0.1, 0.15) is 51.4 Å². The lowest BCUT2D eigenvalue weighted by atomic mass is 9.98. The van der Waals surface area contributed by atoms with Gasteiger partial charge in [0.1, 0.15) is 0 Å². The molecule has 18 heavy (non-hydrogen) atoms. The zero-order chi connectivity index (χ0) is 12.5. The molecule has 0 aromatic rings. The Bertz CT molecular complexity index is 261. The topological polar surface area (TPSA) is 32.5 Å². The Morgan fingerprint density at radius 1 is 1.06 bits per heavy atom. The average Bonchev–Trinajstić information content (AvgIpc) is 2.94. The molecule has 2 atom stereocenters. The summed E-state index contributed by atoms with van der Waals surface area (Å²) >= 11 is 0. The molecule has 2 aliphatic heterocycles. The van der Waals surface area contributed by atoms with Crippen molar-refractivity contribution in [2.75, 3.05) is 20.1 Å². The van der Waals surface area contributed by atoms with E-state index in [4.69, 9.17) is 5.73 Å². The minimum Gasteiger partial charge on any atom is -0.328 e. The highest BCUT2D eigenvalue weighted by molar-refractivity contribution is 4.96. The maximum Gasteiger partial charge on any atom is 0.0115 e. The van der Waals surface area contributed by atoms with Gasteiger partial charge in [0.25, 0.3) is 0 Å². The predicted octanol–water partition coefficient (Wildman–Crippen LogP) is 1.81. The number of hydrogen-bond acceptors (Lipinski definition) is 3. The van der Waals surface area contributed by atoms with Crippen LogP contribution in [0.4, 0.5) is 0 Å². The van der Waals surface area contributed by atoms with Gasteiger partial charge in [0.15, 0.2) is 0 Å². The SMILES string of the molecule is CN(CCN1C2CCC1CC(N)C2)C1CCCC1. The number of nitrogens with zero attached hydrogens (tertiary/aromatic N) is 2. The third-order valence-electron chi connectivity index (χ3n) is 5.58. The van der Waals surface area contributed by atoms with Crippen LogP contribution < -0.4 is 5.73 Å². The molecule has 1 saturated carbocycles. The van der Waals surface area contributed by atoms with Crippen molar-refractivity contribution in [1.29, 1.82) is 0 Å². The molecule has 2 N–H and O–H groups in total. The molecule has 0 radical (unpaired) electrons. The van der Waals surface area contributed by atoms with Crippen molar-refractivity contribution < 1.29 is 0 Å². The Kier molecular flexibility index (Phi) is 3.92. The average molecular weight is 251 g/mol. The van der Waals surface area contributed by atoms with Gasteiger partial charge >= 0.3 is 0 Å². The molecule has 3 heteroatoms. The van der Waals surface area contributed by atoms with Crippen molar-refractivity contribution in [3.8, 4) is 0 Å². The highest BCUT2D eigenvalue weighted by atomic mass is 15.3. The quantitative estimate of drug-likeness (QED) is 0.827. The molecule has 0 spiro atoms. The van der Waals surface area contributed by atoms with E-state index in [2.05, 4.69) is 16.8 Å². The normalized spacial score (nSPS) is 37.8. The van der Waals surface area contributed by atoms with Crippen LogP contribution in [-0.2, 0) is 0 Å². The number of rotatable bonds is 4. The Balaban J connectivity index is 1.48. The Labute approximate surface area is 112 Å². The lowest BCUT2D eigenvalue weighted by molar-refractivity contribution is 0.105. The van der Waals surface area contributed by atoms with Crippen LogP contribution in [0, 0.1) is 0 Å². The summed E-state index contributed by atoms with van der Waals surface area (Å²) in [4.78, 5) is 5.38. The van der Waals surface area contributed by atoms with Crippen LogP contribution in [-0.4, -0.2) is 54.1 Å². The Morgan fingerprint density at radius 3 is 2.28 bits per heavy atom. The van der Waals surface area contributed by atoms with E-state index in [1.54, 1.807) is 0 Å². The van der Waals surface area contributed by atoms with Gasteiger partial charge in [-0.3, -0.25) is 4.90 Å². The molecule has 3 fully saturated rings. The number of nitrogens with two attached hydrogens (primary N) is 1. The van der Waals surface area contributed by atoms with Crippen molar-refractivity contribution in [1.82, 2.24) is 9.80 Å². The molecular weight excluding hydrogens is 222 g/mol. The lowest BCUT2D eigenvalue weighted by Crippen LogP contribution is -2.50. The first-order valence-corrected chi connectivity index (χ1v) is 7.95. The molecule has 2 heterocycles. The van der Waals surface area contributed by atoms with Gasteiger partial charge in [-0.05, 0) is 45.6 Å². The second-order valence-electron chi connectivity index (χ2n) is 6.77. The van der Waals surface area contributed by atoms with Gasteiger partial charge in [-0.1, -0.05) is 12.8 Å². The maximum atomic E-state index is 6.14. The molecule has 0 aromatic carbocycles. The molecule has 2 unspecified atom stereocenters. The molecule has 2 saturated heterocycles. The summed E-state index contributed by atoms with van der Waals surface area (Å²) in [5.74, 6) is 0. The van der Waals surface area contributed by atoms with Crippen molar-refractivity contribution in [3.05, 3.63) is 0 Å². The van der Waals surface area contributed by atoms with Gasteiger partial charge in [-0.25, -0.2) is 0 Å². The molecule has 3 nitrogen and oxygen atoms in total. The highest BCUT2D eigenvalue weighted by Gasteiger charge is 2.39. The van der Waals surface area contributed by atoms with Gasteiger partial charge in [-0.2, -0.15) is 0 Å². The van der Waals surface area contributed by atoms with Gasteiger partial charge in [0.2, 0.25) is 0 Å². The smallest absolute Gasteiger partial charge is 0.0115 e. The summed E-state index contributed by atoms with van der Waals surface area (Å²) in [5, 5.41) is 0. The molecule has 0 amide bonds. The minimum absolute atomic E-state index is 0.478. The van der Waals surface area contributed by atoms with Crippen LogP contribution in [0.2, 0.25) is 0 Å². The Hall–Kier alpha value is -0.120. The van der Waals surface area contributed by atoms with E-state index in [0.717, 1.165) is 18.1 Å². The highest BCUT2D eigenvalue weighted by Crippen LogP contribution is 2.34. The van der Waals surface area contributed by atoms with E-state index in [1.807, 2.05) is 0 Å². The van der Waals surface area contributed by atoms with E-state index in [-0.39, 0.29) is 0 Å². The van der Waals surface area contributed by atoms with Crippen molar-refractivity contribution in [3.63, 3.8) is 0 Å². The molecule has 104 valence electrons. The van der Waals surface area contributed by atoms with Gasteiger partial charge < -0.3 is 10.6 Å². The largest absolute Gasteiger partial charge is 0.328 e. The van der Waals surface area contributed by atoms with E-state index in [0.29, 0.717) is 6.04 Å². The van der Waals surface area contributed by atoms with Crippen molar-refractivity contribution in [2.45, 2.75) is 75.5 Å². The first kappa shape index (κ1) is 12.9. The monoisotopic (exact) mass is 251 g/mol. The summed E-state index contributed by atoms with van der Waals surface area (Å²) in [7, 11) is 2.33. The number of fused-ring (bicyclic) bond motifs is 2. The molecule has 0 aromatic heterocycles. The third-order valence-corrected chi connectivity index (χ3v) is 5.58. The molecule has 2 bridgehead atoms. The lowest BCUT2D eigenvalue weighted by Gasteiger charge is -2.39. The van der Waals surface area contributed by atoms with E-state index in [1.165, 1.54) is 64.5 Å². The van der Waals surface area contributed by atoms with E-state index < -0.39 is 0 Å². The maximum absolute atomic E-state index is 6.14. The zero-order valence-electron chi connectivity index (χ0n) is 11.9. The second kappa shape index (κ2) is 5.48. The fourth-order valence-electron chi connectivity index (χ4n) is 4.48.